The Bertz CT molecular complexity index is 363. The molecule has 0 spiro atoms. The van der Waals surface area contributed by atoms with Crippen LogP contribution >= 0.6 is 0 Å². The van der Waals surface area contributed by atoms with E-state index in [1.165, 1.54) is 12.1 Å². The SMILES string of the molecule is CCN(CC(C)(C)C(C)O)c1cccc(F)c1. The summed E-state index contributed by atoms with van der Waals surface area (Å²) in [6.45, 7) is 9.34. The Hall–Kier alpha value is -1.09. The van der Waals surface area contributed by atoms with Crippen LogP contribution in [0.1, 0.15) is 27.7 Å². The van der Waals surface area contributed by atoms with Crippen LogP contribution in [0, 0.1) is 11.2 Å². The van der Waals surface area contributed by atoms with Crippen molar-refractivity contribution >= 4 is 5.69 Å². The van der Waals surface area contributed by atoms with Gasteiger partial charge in [0, 0.05) is 24.2 Å². The minimum Gasteiger partial charge on any atom is -0.393 e. The average Bonchev–Trinajstić information content (AvgIpc) is 2.25. The molecular weight excluding hydrogens is 217 g/mol. The van der Waals surface area contributed by atoms with Crippen molar-refractivity contribution in [2.45, 2.75) is 33.8 Å². The van der Waals surface area contributed by atoms with E-state index in [-0.39, 0.29) is 11.2 Å². The Kier molecular flexibility index (Phi) is 4.52. The van der Waals surface area contributed by atoms with Crippen LogP contribution in [-0.4, -0.2) is 24.3 Å². The van der Waals surface area contributed by atoms with Gasteiger partial charge in [-0.05, 0) is 32.0 Å². The number of halogens is 1. The standard InChI is InChI=1S/C14H22FNO/c1-5-16(10-14(3,4)11(2)17)13-8-6-7-12(15)9-13/h6-9,11,17H,5,10H2,1-4H3. The summed E-state index contributed by atoms with van der Waals surface area (Å²) < 4.78 is 13.2. The lowest BCUT2D eigenvalue weighted by atomic mass is 9.86. The lowest BCUT2D eigenvalue weighted by Crippen LogP contribution is -2.40. The predicted octanol–water partition coefficient (Wildman–Crippen LogP) is 3.06. The van der Waals surface area contributed by atoms with Crippen LogP contribution in [0.25, 0.3) is 0 Å². The molecule has 0 bridgehead atoms. The van der Waals surface area contributed by atoms with Gasteiger partial charge >= 0.3 is 0 Å². The first-order chi connectivity index (χ1) is 7.86. The third-order valence-electron chi connectivity index (χ3n) is 3.28. The van der Waals surface area contributed by atoms with E-state index in [4.69, 9.17) is 0 Å². The summed E-state index contributed by atoms with van der Waals surface area (Å²) >= 11 is 0. The van der Waals surface area contributed by atoms with Crippen LogP contribution in [-0.2, 0) is 0 Å². The van der Waals surface area contributed by atoms with Gasteiger partial charge in [-0.3, -0.25) is 0 Å². The Morgan fingerprint density at radius 2 is 2.06 bits per heavy atom. The average molecular weight is 239 g/mol. The summed E-state index contributed by atoms with van der Waals surface area (Å²) in [6.07, 6.45) is -0.398. The van der Waals surface area contributed by atoms with Crippen LogP contribution in [0.15, 0.2) is 24.3 Å². The fourth-order valence-electron chi connectivity index (χ4n) is 1.68. The highest BCUT2D eigenvalue weighted by Crippen LogP contribution is 2.25. The maximum absolute atomic E-state index is 13.2. The number of anilines is 1. The monoisotopic (exact) mass is 239 g/mol. The lowest BCUT2D eigenvalue weighted by Gasteiger charge is -2.35. The van der Waals surface area contributed by atoms with E-state index in [1.807, 2.05) is 26.8 Å². The molecule has 0 saturated carbocycles. The molecule has 0 fully saturated rings. The van der Waals surface area contributed by atoms with E-state index in [0.717, 1.165) is 12.2 Å². The number of rotatable bonds is 5. The van der Waals surface area contributed by atoms with E-state index >= 15 is 0 Å². The predicted molar refractivity (Wildman–Crippen MR) is 69.7 cm³/mol. The largest absolute Gasteiger partial charge is 0.393 e. The quantitative estimate of drug-likeness (QED) is 0.853. The van der Waals surface area contributed by atoms with Crippen LogP contribution in [0.5, 0.6) is 0 Å². The first-order valence-corrected chi connectivity index (χ1v) is 6.05. The molecule has 0 aliphatic carbocycles. The third-order valence-corrected chi connectivity index (χ3v) is 3.28. The Morgan fingerprint density at radius 1 is 1.41 bits per heavy atom. The van der Waals surface area contributed by atoms with E-state index in [9.17, 15) is 9.50 Å². The maximum Gasteiger partial charge on any atom is 0.125 e. The number of aliphatic hydroxyl groups excluding tert-OH is 1. The van der Waals surface area contributed by atoms with Gasteiger partial charge in [0.1, 0.15) is 5.82 Å². The van der Waals surface area contributed by atoms with E-state index < -0.39 is 6.10 Å². The molecule has 1 unspecified atom stereocenters. The van der Waals surface area contributed by atoms with Crippen molar-refractivity contribution in [2.24, 2.45) is 5.41 Å². The minimum atomic E-state index is -0.398. The van der Waals surface area contributed by atoms with Crippen molar-refractivity contribution in [3.8, 4) is 0 Å². The van der Waals surface area contributed by atoms with Crippen molar-refractivity contribution in [3.05, 3.63) is 30.1 Å². The molecular formula is C14H22FNO. The summed E-state index contributed by atoms with van der Waals surface area (Å²) in [4.78, 5) is 2.08. The number of hydrogen-bond acceptors (Lipinski definition) is 2. The molecule has 0 aliphatic rings. The third kappa shape index (κ3) is 3.70. The molecule has 3 heteroatoms. The molecule has 0 amide bonds. The van der Waals surface area contributed by atoms with Gasteiger partial charge < -0.3 is 10.0 Å². The van der Waals surface area contributed by atoms with Crippen molar-refractivity contribution in [3.63, 3.8) is 0 Å². The molecule has 96 valence electrons. The molecule has 17 heavy (non-hydrogen) atoms. The maximum atomic E-state index is 13.2. The summed E-state index contributed by atoms with van der Waals surface area (Å²) in [7, 11) is 0. The lowest BCUT2D eigenvalue weighted by molar-refractivity contribution is 0.0711. The van der Waals surface area contributed by atoms with Gasteiger partial charge in [0.25, 0.3) is 0 Å². The van der Waals surface area contributed by atoms with Crippen LogP contribution in [0.3, 0.4) is 0 Å². The molecule has 0 aliphatic heterocycles. The highest BCUT2D eigenvalue weighted by molar-refractivity contribution is 5.46. The molecule has 2 nitrogen and oxygen atoms in total. The number of aliphatic hydroxyl groups is 1. The van der Waals surface area contributed by atoms with Crippen molar-refractivity contribution in [2.75, 3.05) is 18.0 Å². The fourth-order valence-corrected chi connectivity index (χ4v) is 1.68. The van der Waals surface area contributed by atoms with Gasteiger partial charge in [0.2, 0.25) is 0 Å². The second-order valence-corrected chi connectivity index (χ2v) is 5.16. The zero-order chi connectivity index (χ0) is 13.1. The van der Waals surface area contributed by atoms with Gasteiger partial charge in [0.15, 0.2) is 0 Å². The normalized spacial score (nSPS) is 13.5. The minimum absolute atomic E-state index is 0.220. The van der Waals surface area contributed by atoms with E-state index in [1.54, 1.807) is 13.0 Å². The molecule has 1 aromatic rings. The smallest absolute Gasteiger partial charge is 0.125 e. The van der Waals surface area contributed by atoms with Crippen molar-refractivity contribution in [1.29, 1.82) is 0 Å². The van der Waals surface area contributed by atoms with Crippen molar-refractivity contribution in [1.82, 2.24) is 0 Å². The fraction of sp³-hybridized carbons (Fsp3) is 0.571. The zero-order valence-electron chi connectivity index (χ0n) is 11.1. The molecule has 1 atom stereocenters. The molecule has 1 rings (SSSR count). The number of hydrogen-bond donors (Lipinski definition) is 1. The highest BCUT2D eigenvalue weighted by Gasteiger charge is 2.26. The summed E-state index contributed by atoms with van der Waals surface area (Å²) in [5.41, 5.74) is 0.642. The Labute approximate surface area is 103 Å². The van der Waals surface area contributed by atoms with E-state index in [0.29, 0.717) is 6.54 Å². The van der Waals surface area contributed by atoms with Gasteiger partial charge in [0.05, 0.1) is 6.10 Å². The second kappa shape index (κ2) is 5.50. The second-order valence-electron chi connectivity index (χ2n) is 5.16. The van der Waals surface area contributed by atoms with E-state index in [2.05, 4.69) is 4.90 Å². The molecule has 1 aromatic carbocycles. The van der Waals surface area contributed by atoms with Gasteiger partial charge in [-0.15, -0.1) is 0 Å². The zero-order valence-corrected chi connectivity index (χ0v) is 11.1. The van der Waals surface area contributed by atoms with Crippen molar-refractivity contribution < 1.29 is 9.50 Å². The molecule has 1 N–H and O–H groups in total. The van der Waals surface area contributed by atoms with Crippen LogP contribution < -0.4 is 4.90 Å². The first-order valence-electron chi connectivity index (χ1n) is 6.05. The van der Waals surface area contributed by atoms with Crippen LogP contribution in [0.4, 0.5) is 10.1 Å². The van der Waals surface area contributed by atoms with Gasteiger partial charge in [-0.2, -0.15) is 0 Å². The Morgan fingerprint density at radius 3 is 2.53 bits per heavy atom. The summed E-state index contributed by atoms with van der Waals surface area (Å²) in [5, 5.41) is 9.73. The molecule has 0 heterocycles. The molecule has 0 saturated heterocycles. The molecule has 0 aromatic heterocycles. The van der Waals surface area contributed by atoms with Crippen LogP contribution in [0.2, 0.25) is 0 Å². The first kappa shape index (κ1) is 14.0. The topological polar surface area (TPSA) is 23.5 Å². The number of benzene rings is 1. The van der Waals surface area contributed by atoms with Gasteiger partial charge in [-0.25, -0.2) is 4.39 Å². The highest BCUT2D eigenvalue weighted by atomic mass is 19.1. The Balaban J connectivity index is 2.86. The van der Waals surface area contributed by atoms with Gasteiger partial charge in [-0.1, -0.05) is 19.9 Å². The molecule has 0 radical (unpaired) electrons. The number of nitrogens with zero attached hydrogens (tertiary/aromatic N) is 1. The summed E-state index contributed by atoms with van der Waals surface area (Å²) in [5.74, 6) is -0.226. The summed E-state index contributed by atoms with van der Waals surface area (Å²) in [6, 6.07) is 6.58.